The molecule has 150 valence electrons. The minimum absolute atomic E-state index is 0.213. The first-order valence-corrected chi connectivity index (χ1v) is 10.7. The van der Waals surface area contributed by atoms with Gasteiger partial charge in [-0.25, -0.2) is 13.2 Å². The topological polar surface area (TPSA) is 72.5 Å². The minimum Gasteiger partial charge on any atom is -0.444 e. The number of ether oxygens (including phenoxy) is 1. The van der Waals surface area contributed by atoms with Gasteiger partial charge < -0.3 is 10.1 Å². The predicted molar refractivity (Wildman–Crippen MR) is 111 cm³/mol. The maximum atomic E-state index is 12.5. The van der Waals surface area contributed by atoms with Crippen LogP contribution in [-0.2, 0) is 21.0 Å². The van der Waals surface area contributed by atoms with Crippen LogP contribution in [0.4, 0.5) is 4.79 Å². The van der Waals surface area contributed by atoms with Crippen LogP contribution < -0.4 is 5.32 Å². The monoisotopic (exact) mass is 401 g/mol. The fourth-order valence-electron chi connectivity index (χ4n) is 2.53. The Morgan fingerprint density at radius 1 is 1.04 bits per heavy atom. The number of hydrogen-bond donors (Lipinski definition) is 1. The Balaban J connectivity index is 2.13. The number of carbonyl (C=O) groups is 1. The summed E-state index contributed by atoms with van der Waals surface area (Å²) in [5.41, 5.74) is 0.478. The molecule has 1 N–H and O–H groups in total. The summed E-state index contributed by atoms with van der Waals surface area (Å²) in [4.78, 5) is 12.4. The van der Waals surface area contributed by atoms with E-state index in [2.05, 4.69) is 5.32 Å². The van der Waals surface area contributed by atoms with E-state index in [0.29, 0.717) is 12.8 Å². The number of aryl methyl sites for hydroxylation is 1. The molecule has 2 aromatic rings. The highest BCUT2D eigenvalue weighted by Gasteiger charge is 2.19. The summed E-state index contributed by atoms with van der Waals surface area (Å²) < 4.78 is 30.3. The fourth-order valence-corrected chi connectivity index (χ4v) is 3.62. The molecule has 0 saturated carbocycles. The summed E-state index contributed by atoms with van der Waals surface area (Å²) in [5, 5.41) is 3.90. The van der Waals surface area contributed by atoms with Crippen LogP contribution in [0, 0.1) is 0 Å². The van der Waals surface area contributed by atoms with Gasteiger partial charge in [0, 0.05) is 5.41 Å². The molecule has 1 atom stereocenters. The van der Waals surface area contributed by atoms with Crippen molar-refractivity contribution < 1.29 is 17.9 Å². The molecule has 0 aromatic heterocycles. The van der Waals surface area contributed by atoms with Crippen molar-refractivity contribution in [2.45, 2.75) is 50.2 Å². The van der Waals surface area contributed by atoms with E-state index >= 15 is 0 Å². The number of amides is 1. The van der Waals surface area contributed by atoms with Gasteiger partial charge in [-0.2, -0.15) is 0 Å². The molecule has 0 fully saturated rings. The second kappa shape index (κ2) is 9.55. The zero-order valence-electron chi connectivity index (χ0n) is 16.5. The van der Waals surface area contributed by atoms with Crippen molar-refractivity contribution >= 4 is 15.9 Å². The largest absolute Gasteiger partial charge is 0.444 e. The molecule has 0 saturated heterocycles. The molecule has 0 radical (unpaired) electrons. The lowest BCUT2D eigenvalue weighted by Gasteiger charge is -2.22. The number of carbonyl (C=O) groups excluding carboxylic acids is 1. The number of benzene rings is 2. The Hall–Kier alpha value is -2.60. The van der Waals surface area contributed by atoms with Crippen LogP contribution in [0.1, 0.15) is 32.8 Å². The molecule has 0 heterocycles. The van der Waals surface area contributed by atoms with E-state index in [1.54, 1.807) is 51.1 Å². The van der Waals surface area contributed by atoms with Crippen molar-refractivity contribution in [3.8, 4) is 0 Å². The number of alkyl carbamates (subject to hydrolysis) is 1. The smallest absolute Gasteiger partial charge is 0.408 e. The second-order valence-electron chi connectivity index (χ2n) is 7.46. The molecular weight excluding hydrogens is 374 g/mol. The van der Waals surface area contributed by atoms with Gasteiger partial charge >= 0.3 is 6.09 Å². The van der Waals surface area contributed by atoms with Crippen LogP contribution in [0.15, 0.2) is 77.0 Å². The Labute approximate surface area is 167 Å². The first-order valence-electron chi connectivity index (χ1n) is 9.17. The van der Waals surface area contributed by atoms with E-state index in [4.69, 9.17) is 4.74 Å². The van der Waals surface area contributed by atoms with Crippen molar-refractivity contribution in [1.82, 2.24) is 5.32 Å². The quantitative estimate of drug-likeness (QED) is 0.741. The first kappa shape index (κ1) is 21.7. The molecule has 0 bridgehead atoms. The summed E-state index contributed by atoms with van der Waals surface area (Å²) in [5.74, 6) is 0. The van der Waals surface area contributed by atoms with Gasteiger partial charge in [0.25, 0.3) is 0 Å². The van der Waals surface area contributed by atoms with Gasteiger partial charge in [0.1, 0.15) is 5.60 Å². The SMILES string of the molecule is CC(C)(C)OC(=O)NC(/C=C/S(=O)(=O)c1ccccc1)CCc1ccccc1. The van der Waals surface area contributed by atoms with Gasteiger partial charge in [-0.1, -0.05) is 54.6 Å². The van der Waals surface area contributed by atoms with Crippen molar-refractivity contribution in [3.63, 3.8) is 0 Å². The lowest BCUT2D eigenvalue weighted by Crippen LogP contribution is -2.38. The summed E-state index contributed by atoms with van der Waals surface area (Å²) in [7, 11) is -3.58. The Bertz CT molecular complexity index is 885. The van der Waals surface area contributed by atoms with E-state index < -0.39 is 27.6 Å². The molecule has 0 spiro atoms. The van der Waals surface area contributed by atoms with Gasteiger partial charge in [0.2, 0.25) is 0 Å². The fraction of sp³-hybridized carbons (Fsp3) is 0.318. The predicted octanol–water partition coefficient (Wildman–Crippen LogP) is 4.50. The Morgan fingerprint density at radius 2 is 1.61 bits per heavy atom. The molecule has 5 nitrogen and oxygen atoms in total. The van der Waals surface area contributed by atoms with Gasteiger partial charge in [0.15, 0.2) is 9.84 Å². The minimum atomic E-state index is -3.58. The highest BCUT2D eigenvalue weighted by molar-refractivity contribution is 7.94. The van der Waals surface area contributed by atoms with E-state index in [1.807, 2.05) is 30.3 Å². The number of sulfone groups is 1. The summed E-state index contributed by atoms with van der Waals surface area (Å²) >= 11 is 0. The van der Waals surface area contributed by atoms with Crippen LogP contribution in [0.25, 0.3) is 0 Å². The third kappa shape index (κ3) is 7.56. The molecule has 1 amide bonds. The molecule has 2 rings (SSSR count). The maximum Gasteiger partial charge on any atom is 0.408 e. The summed E-state index contributed by atoms with van der Waals surface area (Å²) in [6, 6.07) is 17.5. The Kier molecular flexibility index (Phi) is 7.40. The van der Waals surface area contributed by atoms with Crippen LogP contribution >= 0.6 is 0 Å². The number of hydrogen-bond acceptors (Lipinski definition) is 4. The van der Waals surface area contributed by atoms with Crippen LogP contribution in [0.3, 0.4) is 0 Å². The highest BCUT2D eigenvalue weighted by atomic mass is 32.2. The van der Waals surface area contributed by atoms with Crippen molar-refractivity contribution in [2.24, 2.45) is 0 Å². The van der Waals surface area contributed by atoms with Crippen LogP contribution in [-0.4, -0.2) is 26.2 Å². The van der Waals surface area contributed by atoms with Gasteiger partial charge in [-0.05, 0) is 51.3 Å². The van der Waals surface area contributed by atoms with E-state index in [9.17, 15) is 13.2 Å². The van der Waals surface area contributed by atoms with Crippen molar-refractivity contribution in [2.75, 3.05) is 0 Å². The lowest BCUT2D eigenvalue weighted by molar-refractivity contribution is 0.0512. The molecule has 2 aromatic carbocycles. The average molecular weight is 402 g/mol. The zero-order chi connectivity index (χ0) is 20.6. The molecule has 1 unspecified atom stereocenters. The van der Waals surface area contributed by atoms with Gasteiger partial charge in [-0.3, -0.25) is 0 Å². The summed E-state index contributed by atoms with van der Waals surface area (Å²) in [6.07, 6.45) is 2.17. The van der Waals surface area contributed by atoms with E-state index in [1.165, 1.54) is 6.08 Å². The molecule has 6 heteroatoms. The van der Waals surface area contributed by atoms with Crippen molar-refractivity contribution in [3.05, 3.63) is 77.7 Å². The van der Waals surface area contributed by atoms with Crippen LogP contribution in [0.5, 0.6) is 0 Å². The summed E-state index contributed by atoms with van der Waals surface area (Å²) in [6.45, 7) is 5.34. The van der Waals surface area contributed by atoms with E-state index in [0.717, 1.165) is 11.0 Å². The number of rotatable bonds is 7. The lowest BCUT2D eigenvalue weighted by atomic mass is 10.1. The van der Waals surface area contributed by atoms with Crippen LogP contribution in [0.2, 0.25) is 0 Å². The molecule has 0 aliphatic heterocycles. The third-order valence-electron chi connectivity index (χ3n) is 3.85. The molecule has 0 aliphatic carbocycles. The first-order chi connectivity index (χ1) is 13.2. The molecular formula is C22H27NO4S. The Morgan fingerprint density at radius 3 is 2.18 bits per heavy atom. The van der Waals surface area contributed by atoms with Gasteiger partial charge in [-0.15, -0.1) is 0 Å². The second-order valence-corrected chi connectivity index (χ2v) is 9.30. The normalized spacial score (nSPS) is 13.2. The number of nitrogens with one attached hydrogen (secondary N) is 1. The average Bonchev–Trinajstić information content (AvgIpc) is 2.64. The maximum absolute atomic E-state index is 12.5. The van der Waals surface area contributed by atoms with Crippen molar-refractivity contribution in [1.29, 1.82) is 0 Å². The van der Waals surface area contributed by atoms with Gasteiger partial charge in [0.05, 0.1) is 10.9 Å². The standard InChI is InChI=1S/C22H27NO4S/c1-22(2,3)27-21(24)23-19(15-14-18-10-6-4-7-11-18)16-17-28(25,26)20-12-8-5-9-13-20/h4-13,16-17,19H,14-15H2,1-3H3,(H,23,24)/b17-16+. The third-order valence-corrected chi connectivity index (χ3v) is 5.30. The zero-order valence-corrected chi connectivity index (χ0v) is 17.3. The highest BCUT2D eigenvalue weighted by Crippen LogP contribution is 2.14. The molecule has 0 aliphatic rings. The molecule has 28 heavy (non-hydrogen) atoms. The van der Waals surface area contributed by atoms with E-state index in [-0.39, 0.29) is 4.90 Å².